The molecule has 0 radical (unpaired) electrons. The lowest BCUT2D eigenvalue weighted by molar-refractivity contribution is 0.0925. The molecule has 0 amide bonds. The third kappa shape index (κ3) is 2.36. The normalized spacial score (nSPS) is 12.9. The lowest BCUT2D eigenvalue weighted by Crippen LogP contribution is -2.15. The van der Waals surface area contributed by atoms with Crippen LogP contribution < -0.4 is 5.73 Å². The Kier molecular flexibility index (Phi) is 3.24. The Morgan fingerprint density at radius 1 is 1.53 bits per heavy atom. The fraction of sp³-hybridized carbons (Fsp3) is 0.385. The number of rotatable bonds is 4. The summed E-state index contributed by atoms with van der Waals surface area (Å²) >= 11 is 0. The summed E-state index contributed by atoms with van der Waals surface area (Å²) in [5.41, 5.74) is 8.00. The minimum absolute atomic E-state index is 0.0264. The van der Waals surface area contributed by atoms with Crippen LogP contribution in [0.1, 0.15) is 29.5 Å². The Balaban J connectivity index is 2.32. The monoisotopic (exact) mass is 231 g/mol. The smallest absolute Gasteiger partial charge is 0.165 e. The fourth-order valence-corrected chi connectivity index (χ4v) is 1.96. The van der Waals surface area contributed by atoms with Crippen molar-refractivity contribution < 1.29 is 4.79 Å². The van der Waals surface area contributed by atoms with E-state index < -0.39 is 0 Å². The van der Waals surface area contributed by atoms with Crippen LogP contribution in [-0.2, 0) is 0 Å². The van der Waals surface area contributed by atoms with Gasteiger partial charge in [0.1, 0.15) is 5.82 Å². The van der Waals surface area contributed by atoms with Crippen LogP contribution in [-0.4, -0.2) is 22.3 Å². The second-order valence-electron chi connectivity index (χ2n) is 4.40. The van der Waals surface area contributed by atoms with E-state index in [4.69, 9.17) is 5.73 Å². The summed E-state index contributed by atoms with van der Waals surface area (Å²) in [5, 5.41) is 0. The Hall–Kier alpha value is -1.68. The maximum atomic E-state index is 12.1. The molecule has 90 valence electrons. The number of aromatic amines is 1. The third-order valence-electron chi connectivity index (χ3n) is 2.93. The van der Waals surface area contributed by atoms with Crippen LogP contribution in [0.3, 0.4) is 0 Å². The van der Waals surface area contributed by atoms with E-state index in [2.05, 4.69) is 9.97 Å². The maximum Gasteiger partial charge on any atom is 0.165 e. The van der Waals surface area contributed by atoms with Gasteiger partial charge in [-0.25, -0.2) is 4.98 Å². The molecule has 4 heteroatoms. The molecule has 0 bridgehead atoms. The quantitative estimate of drug-likeness (QED) is 0.791. The van der Waals surface area contributed by atoms with E-state index in [-0.39, 0.29) is 11.7 Å². The van der Waals surface area contributed by atoms with Crippen molar-refractivity contribution in [1.29, 1.82) is 0 Å². The van der Waals surface area contributed by atoms with Crippen LogP contribution in [0.2, 0.25) is 0 Å². The van der Waals surface area contributed by atoms with Crippen LogP contribution in [0, 0.1) is 12.8 Å². The Labute approximate surface area is 100 Å². The highest BCUT2D eigenvalue weighted by molar-refractivity contribution is 6.00. The number of nitrogens with zero attached hydrogens (tertiary/aromatic N) is 1. The standard InChI is InChI=1S/C13H17N3O/c1-8(5-6-14)13(17)10-3-4-11-12(7-10)16-9(2)15-11/h3-4,7-8H,5-6,14H2,1-2H3,(H,15,16). The lowest BCUT2D eigenvalue weighted by atomic mass is 9.96. The number of nitrogens with one attached hydrogen (secondary N) is 1. The first-order valence-electron chi connectivity index (χ1n) is 5.82. The number of carbonyl (C=O) groups excluding carboxylic acids is 1. The number of aromatic nitrogens is 2. The Morgan fingerprint density at radius 2 is 2.29 bits per heavy atom. The van der Waals surface area contributed by atoms with Crippen LogP contribution in [0.5, 0.6) is 0 Å². The summed E-state index contributed by atoms with van der Waals surface area (Å²) in [7, 11) is 0. The number of nitrogens with two attached hydrogens (primary N) is 1. The molecule has 1 unspecified atom stereocenters. The van der Waals surface area contributed by atoms with E-state index in [0.29, 0.717) is 6.54 Å². The molecule has 0 aliphatic heterocycles. The topological polar surface area (TPSA) is 71.8 Å². The molecule has 0 saturated carbocycles. The first kappa shape index (κ1) is 11.8. The van der Waals surface area contributed by atoms with Crippen molar-refractivity contribution in [2.45, 2.75) is 20.3 Å². The van der Waals surface area contributed by atoms with E-state index >= 15 is 0 Å². The van der Waals surface area contributed by atoms with Gasteiger partial charge in [0, 0.05) is 11.5 Å². The number of hydrogen-bond acceptors (Lipinski definition) is 3. The molecule has 1 aromatic carbocycles. The predicted molar refractivity (Wildman–Crippen MR) is 68.0 cm³/mol. The minimum atomic E-state index is -0.0264. The van der Waals surface area contributed by atoms with Gasteiger partial charge in [-0.05, 0) is 38.1 Å². The molecule has 17 heavy (non-hydrogen) atoms. The molecule has 4 nitrogen and oxygen atoms in total. The van der Waals surface area contributed by atoms with Crippen LogP contribution in [0.25, 0.3) is 11.0 Å². The van der Waals surface area contributed by atoms with E-state index in [1.54, 1.807) is 0 Å². The van der Waals surface area contributed by atoms with Crippen molar-refractivity contribution in [1.82, 2.24) is 9.97 Å². The zero-order valence-electron chi connectivity index (χ0n) is 10.2. The van der Waals surface area contributed by atoms with Crippen LogP contribution in [0.15, 0.2) is 18.2 Å². The first-order valence-corrected chi connectivity index (χ1v) is 5.82. The number of fused-ring (bicyclic) bond motifs is 1. The highest BCUT2D eigenvalue weighted by atomic mass is 16.1. The number of ketones is 1. The number of aryl methyl sites for hydroxylation is 1. The SMILES string of the molecule is Cc1nc2ccc(C(=O)C(C)CCN)cc2[nH]1. The van der Waals surface area contributed by atoms with E-state index in [1.807, 2.05) is 32.0 Å². The average Bonchev–Trinajstić information content (AvgIpc) is 2.67. The van der Waals surface area contributed by atoms with E-state index in [0.717, 1.165) is 28.8 Å². The van der Waals surface area contributed by atoms with Crippen molar-refractivity contribution in [3.8, 4) is 0 Å². The summed E-state index contributed by atoms with van der Waals surface area (Å²) in [4.78, 5) is 19.5. The van der Waals surface area contributed by atoms with Crippen molar-refractivity contribution >= 4 is 16.8 Å². The van der Waals surface area contributed by atoms with Gasteiger partial charge < -0.3 is 10.7 Å². The van der Waals surface area contributed by atoms with Crippen LogP contribution in [0.4, 0.5) is 0 Å². The zero-order chi connectivity index (χ0) is 12.4. The number of benzene rings is 1. The molecule has 1 aromatic heterocycles. The van der Waals surface area contributed by atoms with Crippen LogP contribution >= 0.6 is 0 Å². The second-order valence-corrected chi connectivity index (χ2v) is 4.40. The van der Waals surface area contributed by atoms with E-state index in [1.165, 1.54) is 0 Å². The van der Waals surface area contributed by atoms with Crippen molar-refractivity contribution in [2.75, 3.05) is 6.54 Å². The Bertz CT molecular complexity index is 545. The molecule has 0 aliphatic rings. The largest absolute Gasteiger partial charge is 0.342 e. The zero-order valence-corrected chi connectivity index (χ0v) is 10.2. The van der Waals surface area contributed by atoms with Gasteiger partial charge in [-0.1, -0.05) is 6.92 Å². The van der Waals surface area contributed by atoms with Gasteiger partial charge in [-0.15, -0.1) is 0 Å². The van der Waals surface area contributed by atoms with Crippen molar-refractivity contribution in [3.63, 3.8) is 0 Å². The number of hydrogen-bond donors (Lipinski definition) is 2. The van der Waals surface area contributed by atoms with Gasteiger partial charge in [0.15, 0.2) is 5.78 Å². The van der Waals surface area contributed by atoms with Crippen molar-refractivity contribution in [2.24, 2.45) is 11.7 Å². The van der Waals surface area contributed by atoms with Gasteiger partial charge in [-0.3, -0.25) is 4.79 Å². The minimum Gasteiger partial charge on any atom is -0.342 e. The highest BCUT2D eigenvalue weighted by Crippen LogP contribution is 2.17. The predicted octanol–water partition coefficient (Wildman–Crippen LogP) is 2.04. The molecule has 3 N–H and O–H groups in total. The first-order chi connectivity index (χ1) is 8.11. The van der Waals surface area contributed by atoms with Gasteiger partial charge in [0.05, 0.1) is 11.0 Å². The van der Waals surface area contributed by atoms with Gasteiger partial charge in [0.25, 0.3) is 0 Å². The number of Topliss-reactive ketones (excluding diaryl/α,β-unsaturated/α-hetero) is 1. The maximum absolute atomic E-state index is 12.1. The molecule has 0 saturated heterocycles. The molecule has 2 rings (SSSR count). The van der Waals surface area contributed by atoms with Crippen molar-refractivity contribution in [3.05, 3.63) is 29.6 Å². The molecule has 0 spiro atoms. The molecular formula is C13H17N3O. The Morgan fingerprint density at radius 3 is 3.00 bits per heavy atom. The third-order valence-corrected chi connectivity index (χ3v) is 2.93. The number of H-pyrrole nitrogens is 1. The van der Waals surface area contributed by atoms with E-state index in [9.17, 15) is 4.79 Å². The highest BCUT2D eigenvalue weighted by Gasteiger charge is 2.15. The second kappa shape index (κ2) is 4.67. The van der Waals surface area contributed by atoms with Gasteiger partial charge >= 0.3 is 0 Å². The summed E-state index contributed by atoms with van der Waals surface area (Å²) in [6, 6.07) is 5.57. The van der Waals surface area contributed by atoms with Gasteiger partial charge in [-0.2, -0.15) is 0 Å². The molecule has 1 heterocycles. The van der Waals surface area contributed by atoms with Gasteiger partial charge in [0.2, 0.25) is 0 Å². The average molecular weight is 231 g/mol. The summed E-state index contributed by atoms with van der Waals surface area (Å²) in [6.07, 6.45) is 0.721. The number of carbonyl (C=O) groups is 1. The summed E-state index contributed by atoms with van der Waals surface area (Å²) in [6.45, 7) is 4.36. The molecule has 1 atom stereocenters. The molecular weight excluding hydrogens is 214 g/mol. The molecule has 0 fully saturated rings. The summed E-state index contributed by atoms with van der Waals surface area (Å²) < 4.78 is 0. The lowest BCUT2D eigenvalue weighted by Gasteiger charge is -2.08. The summed E-state index contributed by atoms with van der Waals surface area (Å²) in [5.74, 6) is 0.977. The molecule has 0 aliphatic carbocycles. The molecule has 2 aromatic rings. The fourth-order valence-electron chi connectivity index (χ4n) is 1.96. The number of imidazole rings is 1.